The average molecular weight is 417 g/mol. The van der Waals surface area contributed by atoms with Gasteiger partial charge in [-0.2, -0.15) is 0 Å². The van der Waals surface area contributed by atoms with Crippen LogP contribution < -0.4 is 10.2 Å². The number of nitrogens with zero attached hydrogens (tertiary/aromatic N) is 1. The predicted octanol–water partition coefficient (Wildman–Crippen LogP) is 5.66. The highest BCUT2D eigenvalue weighted by Crippen LogP contribution is 2.35. The van der Waals surface area contributed by atoms with Gasteiger partial charge in [-0.05, 0) is 67.3 Å². The minimum absolute atomic E-state index is 0.248. The fraction of sp³-hybridized carbons (Fsp3) is 0.120. The Labute approximate surface area is 180 Å². The summed E-state index contributed by atoms with van der Waals surface area (Å²) >= 11 is 6.26. The van der Waals surface area contributed by atoms with Crippen LogP contribution >= 0.6 is 11.6 Å². The van der Waals surface area contributed by atoms with Crippen molar-refractivity contribution in [2.45, 2.75) is 20.8 Å². The van der Waals surface area contributed by atoms with Crippen LogP contribution in [0.4, 0.5) is 11.4 Å². The molecule has 30 heavy (non-hydrogen) atoms. The van der Waals surface area contributed by atoms with Crippen molar-refractivity contribution < 1.29 is 9.59 Å². The summed E-state index contributed by atoms with van der Waals surface area (Å²) in [4.78, 5) is 28.1. The van der Waals surface area contributed by atoms with Gasteiger partial charge in [0.25, 0.3) is 11.8 Å². The van der Waals surface area contributed by atoms with Gasteiger partial charge < -0.3 is 5.32 Å². The molecule has 0 radical (unpaired) electrons. The topological polar surface area (TPSA) is 49.4 Å². The Morgan fingerprint density at radius 1 is 0.800 bits per heavy atom. The number of rotatable bonds is 4. The first kappa shape index (κ1) is 19.9. The number of imide groups is 1. The molecule has 1 N–H and O–H groups in total. The molecule has 4 rings (SSSR count). The number of aryl methyl sites for hydroxylation is 2. The van der Waals surface area contributed by atoms with Crippen LogP contribution in [-0.2, 0) is 9.59 Å². The van der Waals surface area contributed by atoms with Crippen LogP contribution in [0.25, 0.3) is 5.57 Å². The van der Waals surface area contributed by atoms with Gasteiger partial charge >= 0.3 is 0 Å². The fourth-order valence-corrected chi connectivity index (χ4v) is 3.67. The lowest BCUT2D eigenvalue weighted by Gasteiger charge is -2.15. The molecule has 0 fully saturated rings. The molecule has 5 heteroatoms. The number of para-hydroxylation sites is 1. The smallest absolute Gasteiger partial charge is 0.282 e. The van der Waals surface area contributed by atoms with Gasteiger partial charge in [-0.1, -0.05) is 54.1 Å². The van der Waals surface area contributed by atoms with Crippen LogP contribution in [0, 0.1) is 20.8 Å². The summed E-state index contributed by atoms with van der Waals surface area (Å²) in [6, 6.07) is 20.2. The zero-order chi connectivity index (χ0) is 21.4. The van der Waals surface area contributed by atoms with Crippen molar-refractivity contribution in [3.8, 4) is 0 Å². The van der Waals surface area contributed by atoms with E-state index in [1.54, 1.807) is 30.3 Å². The van der Waals surface area contributed by atoms with Gasteiger partial charge in [0.15, 0.2) is 0 Å². The van der Waals surface area contributed by atoms with E-state index in [-0.39, 0.29) is 17.5 Å². The van der Waals surface area contributed by atoms with Crippen LogP contribution in [0.1, 0.15) is 22.3 Å². The molecule has 0 bridgehead atoms. The molecule has 1 heterocycles. The monoisotopic (exact) mass is 416 g/mol. The molecule has 4 nitrogen and oxygen atoms in total. The Hall–Kier alpha value is -3.37. The van der Waals surface area contributed by atoms with Crippen molar-refractivity contribution in [2.75, 3.05) is 10.2 Å². The number of nitrogens with one attached hydrogen (secondary N) is 1. The molecule has 0 unspecified atom stereocenters. The normalized spacial score (nSPS) is 13.9. The minimum Gasteiger partial charge on any atom is -0.350 e. The summed E-state index contributed by atoms with van der Waals surface area (Å²) in [5.74, 6) is -0.740. The quantitative estimate of drug-likeness (QED) is 0.558. The maximum Gasteiger partial charge on any atom is 0.282 e. The summed E-state index contributed by atoms with van der Waals surface area (Å²) in [6.07, 6.45) is 0. The van der Waals surface area contributed by atoms with Crippen molar-refractivity contribution in [3.63, 3.8) is 0 Å². The number of hydrogen-bond acceptors (Lipinski definition) is 3. The van der Waals surface area contributed by atoms with Crippen LogP contribution in [0.3, 0.4) is 0 Å². The third-order valence-electron chi connectivity index (χ3n) is 5.42. The molecule has 0 aliphatic carbocycles. The molecule has 0 aromatic heterocycles. The summed E-state index contributed by atoms with van der Waals surface area (Å²) < 4.78 is 0. The van der Waals surface area contributed by atoms with Crippen molar-refractivity contribution in [3.05, 3.63) is 99.7 Å². The van der Waals surface area contributed by atoms with E-state index < -0.39 is 0 Å². The van der Waals surface area contributed by atoms with Crippen molar-refractivity contribution in [1.82, 2.24) is 0 Å². The SMILES string of the molecule is Cc1ccc(C2=C(Nc3cccc(Cl)c3C)C(=O)N(c3ccccc3)C2=O)cc1C. The van der Waals surface area contributed by atoms with Gasteiger partial charge in [0.05, 0.1) is 11.3 Å². The van der Waals surface area contributed by atoms with Gasteiger partial charge in [-0.15, -0.1) is 0 Å². The highest BCUT2D eigenvalue weighted by atomic mass is 35.5. The molecule has 0 spiro atoms. The first-order valence-electron chi connectivity index (χ1n) is 9.66. The van der Waals surface area contributed by atoms with Crippen LogP contribution in [0.5, 0.6) is 0 Å². The van der Waals surface area contributed by atoms with E-state index in [1.165, 1.54) is 4.90 Å². The number of benzene rings is 3. The number of anilines is 2. The van der Waals surface area contributed by atoms with Gasteiger partial charge in [0.1, 0.15) is 5.70 Å². The van der Waals surface area contributed by atoms with Crippen LogP contribution in [0.2, 0.25) is 5.02 Å². The van der Waals surface area contributed by atoms with E-state index >= 15 is 0 Å². The van der Waals surface area contributed by atoms with E-state index in [2.05, 4.69) is 5.32 Å². The predicted molar refractivity (Wildman–Crippen MR) is 122 cm³/mol. The first-order chi connectivity index (χ1) is 14.4. The van der Waals surface area contributed by atoms with Gasteiger partial charge in [0.2, 0.25) is 0 Å². The van der Waals surface area contributed by atoms with Crippen LogP contribution in [-0.4, -0.2) is 11.8 Å². The molecule has 1 aliphatic rings. The molecule has 1 aliphatic heterocycles. The molecule has 3 aromatic rings. The molecular weight excluding hydrogens is 396 g/mol. The highest BCUT2D eigenvalue weighted by Gasteiger charge is 2.40. The maximum atomic E-state index is 13.4. The van der Waals surface area contributed by atoms with Gasteiger partial charge in [-0.25, -0.2) is 4.90 Å². The lowest BCUT2D eigenvalue weighted by Crippen LogP contribution is -2.32. The second kappa shape index (κ2) is 7.81. The standard InChI is InChI=1S/C25H21ClN2O2/c1-15-12-13-18(14-16(15)2)22-23(27-21-11-7-10-20(26)17(21)3)25(30)28(24(22)29)19-8-5-4-6-9-19/h4-14,27H,1-3H3. The number of amides is 2. The average Bonchev–Trinajstić information content (AvgIpc) is 2.98. The summed E-state index contributed by atoms with van der Waals surface area (Å²) in [5, 5.41) is 3.78. The van der Waals surface area contributed by atoms with Crippen molar-refractivity contribution in [1.29, 1.82) is 0 Å². The zero-order valence-corrected chi connectivity index (χ0v) is 17.7. The van der Waals surface area contributed by atoms with E-state index in [0.717, 1.165) is 16.7 Å². The van der Waals surface area contributed by atoms with E-state index in [4.69, 9.17) is 11.6 Å². The highest BCUT2D eigenvalue weighted by molar-refractivity contribution is 6.46. The molecular formula is C25H21ClN2O2. The Morgan fingerprint density at radius 2 is 1.53 bits per heavy atom. The summed E-state index contributed by atoms with van der Waals surface area (Å²) in [5.41, 5.74) is 5.52. The Bertz CT molecular complexity index is 1200. The molecule has 150 valence electrons. The second-order valence-electron chi connectivity index (χ2n) is 7.37. The third-order valence-corrected chi connectivity index (χ3v) is 5.83. The summed E-state index contributed by atoms with van der Waals surface area (Å²) in [6.45, 7) is 5.88. The number of hydrogen-bond donors (Lipinski definition) is 1. The van der Waals surface area contributed by atoms with Crippen molar-refractivity contribution in [2.24, 2.45) is 0 Å². The maximum absolute atomic E-state index is 13.4. The van der Waals surface area contributed by atoms with Gasteiger partial charge in [-0.3, -0.25) is 9.59 Å². The van der Waals surface area contributed by atoms with E-state index in [9.17, 15) is 9.59 Å². The second-order valence-corrected chi connectivity index (χ2v) is 7.77. The van der Waals surface area contributed by atoms with E-state index in [1.807, 2.05) is 57.2 Å². The lowest BCUT2D eigenvalue weighted by atomic mass is 9.99. The first-order valence-corrected chi connectivity index (χ1v) is 10.0. The minimum atomic E-state index is -0.390. The molecule has 0 saturated heterocycles. The fourth-order valence-electron chi connectivity index (χ4n) is 3.50. The Kier molecular flexibility index (Phi) is 5.18. The van der Waals surface area contributed by atoms with E-state index in [0.29, 0.717) is 27.5 Å². The lowest BCUT2D eigenvalue weighted by molar-refractivity contribution is -0.120. The Morgan fingerprint density at radius 3 is 2.23 bits per heavy atom. The molecule has 2 amide bonds. The largest absolute Gasteiger partial charge is 0.350 e. The Balaban J connectivity index is 1.88. The number of carbonyl (C=O) groups is 2. The van der Waals surface area contributed by atoms with Gasteiger partial charge in [0, 0.05) is 10.7 Å². The third kappa shape index (κ3) is 3.40. The summed E-state index contributed by atoms with van der Waals surface area (Å²) in [7, 11) is 0. The number of carbonyl (C=O) groups excluding carboxylic acids is 2. The van der Waals surface area contributed by atoms with Crippen molar-refractivity contribution >= 4 is 40.4 Å². The number of halogens is 1. The van der Waals surface area contributed by atoms with Crippen LogP contribution in [0.15, 0.2) is 72.4 Å². The zero-order valence-electron chi connectivity index (χ0n) is 17.0. The molecule has 3 aromatic carbocycles. The molecule has 0 saturated carbocycles. The molecule has 0 atom stereocenters.